The maximum atomic E-state index is 12.9. The van der Waals surface area contributed by atoms with Gasteiger partial charge in [-0.05, 0) is 37.8 Å². The highest BCUT2D eigenvalue weighted by Gasteiger charge is 2.46. The van der Waals surface area contributed by atoms with Crippen molar-refractivity contribution in [1.29, 1.82) is 0 Å². The van der Waals surface area contributed by atoms with E-state index in [2.05, 4.69) is 24.9 Å². The summed E-state index contributed by atoms with van der Waals surface area (Å²) in [5.41, 5.74) is 3.09. The van der Waals surface area contributed by atoms with E-state index in [-0.39, 0.29) is 18.0 Å². The molecule has 2 saturated heterocycles. The molecule has 3 aromatic heterocycles. The molecular weight excluding hydrogens is 390 g/mol. The summed E-state index contributed by atoms with van der Waals surface area (Å²) in [6, 6.07) is 4.49. The van der Waals surface area contributed by atoms with Gasteiger partial charge in [-0.1, -0.05) is 0 Å². The maximum absolute atomic E-state index is 12.9. The Morgan fingerprint density at radius 2 is 1.93 bits per heavy atom. The third-order valence-electron chi connectivity index (χ3n) is 6.63. The molecule has 2 aliphatic heterocycles. The van der Waals surface area contributed by atoms with Crippen molar-refractivity contribution in [2.24, 2.45) is 5.92 Å². The molecule has 1 N–H and O–H groups in total. The number of carbonyl (C=O) groups excluding carboxylic acids is 1. The van der Waals surface area contributed by atoms with Gasteiger partial charge in [0.2, 0.25) is 5.91 Å². The van der Waals surface area contributed by atoms with E-state index in [1.165, 1.54) is 12.4 Å². The minimum atomic E-state index is -2.66. The van der Waals surface area contributed by atoms with Crippen LogP contribution >= 0.6 is 0 Å². The number of anilines is 1. The van der Waals surface area contributed by atoms with Crippen LogP contribution in [0.1, 0.15) is 32.2 Å². The Balaban J connectivity index is 1.31. The summed E-state index contributed by atoms with van der Waals surface area (Å²) in [6.45, 7) is -1.03. The fourth-order valence-electron chi connectivity index (χ4n) is 5.03. The third kappa shape index (κ3) is 2.79. The number of carbonyl (C=O) groups is 1. The van der Waals surface area contributed by atoms with Gasteiger partial charge in [-0.15, -0.1) is 0 Å². The van der Waals surface area contributed by atoms with Crippen LogP contribution in [0.15, 0.2) is 30.7 Å². The SMILES string of the molecule is O=C(C1CC1)N1C2CCC1CN(c1ccnc3[nH]c(-c4cnn(C(F)F)c4)cc13)C2. The van der Waals surface area contributed by atoms with Crippen molar-refractivity contribution in [3.8, 4) is 11.3 Å². The fourth-order valence-corrected chi connectivity index (χ4v) is 5.03. The molecule has 3 aliphatic rings. The minimum Gasteiger partial charge on any atom is -0.367 e. The van der Waals surface area contributed by atoms with Crippen LogP contribution in [0.25, 0.3) is 22.3 Å². The van der Waals surface area contributed by atoms with Gasteiger partial charge < -0.3 is 14.8 Å². The first kappa shape index (κ1) is 17.9. The number of hydrogen-bond donors (Lipinski definition) is 1. The fraction of sp³-hybridized carbons (Fsp3) is 0.476. The first-order chi connectivity index (χ1) is 14.6. The lowest BCUT2D eigenvalue weighted by Crippen LogP contribution is -2.56. The van der Waals surface area contributed by atoms with Gasteiger partial charge in [-0.25, -0.2) is 9.67 Å². The molecule has 3 fully saturated rings. The molecule has 2 bridgehead atoms. The quantitative estimate of drug-likeness (QED) is 0.713. The molecule has 1 amide bonds. The van der Waals surface area contributed by atoms with Crippen LogP contribution in [0.2, 0.25) is 0 Å². The average Bonchev–Trinajstić information content (AvgIpc) is 3.19. The van der Waals surface area contributed by atoms with Crippen molar-refractivity contribution in [3.63, 3.8) is 0 Å². The van der Waals surface area contributed by atoms with Gasteiger partial charge in [0.15, 0.2) is 0 Å². The number of alkyl halides is 2. The van der Waals surface area contributed by atoms with Crippen molar-refractivity contribution in [1.82, 2.24) is 24.6 Å². The van der Waals surface area contributed by atoms with Gasteiger partial charge in [-0.2, -0.15) is 13.9 Å². The van der Waals surface area contributed by atoms with Crippen molar-refractivity contribution in [2.45, 2.75) is 44.3 Å². The Morgan fingerprint density at radius 3 is 2.60 bits per heavy atom. The predicted molar refractivity (Wildman–Crippen MR) is 107 cm³/mol. The highest BCUT2D eigenvalue weighted by atomic mass is 19.3. The van der Waals surface area contributed by atoms with Crippen molar-refractivity contribution < 1.29 is 13.6 Å². The topological polar surface area (TPSA) is 70.1 Å². The molecule has 0 aromatic carbocycles. The highest BCUT2D eigenvalue weighted by Crippen LogP contribution is 2.40. The number of aromatic amines is 1. The normalized spacial score (nSPS) is 23.7. The Labute approximate surface area is 171 Å². The summed E-state index contributed by atoms with van der Waals surface area (Å²) in [5.74, 6) is 0.607. The Hall–Kier alpha value is -2.97. The summed E-state index contributed by atoms with van der Waals surface area (Å²) in [6.07, 6.45) is 8.72. The number of piperazine rings is 1. The van der Waals surface area contributed by atoms with Crippen LogP contribution in [0.4, 0.5) is 14.5 Å². The van der Waals surface area contributed by atoms with E-state index < -0.39 is 6.55 Å². The number of pyridine rings is 1. The summed E-state index contributed by atoms with van der Waals surface area (Å²) >= 11 is 0. The molecule has 156 valence electrons. The summed E-state index contributed by atoms with van der Waals surface area (Å²) in [4.78, 5) is 24.9. The lowest BCUT2D eigenvalue weighted by Gasteiger charge is -2.42. The smallest absolute Gasteiger partial charge is 0.333 e. The molecule has 30 heavy (non-hydrogen) atoms. The summed E-state index contributed by atoms with van der Waals surface area (Å²) in [7, 11) is 0. The molecule has 0 radical (unpaired) electrons. The standard InChI is InChI=1S/C21H22F2N6O/c22-21(23)28-9-13(8-25-28)17-7-16-18(5-6-24-19(16)26-17)27-10-14-3-4-15(11-27)29(14)20(30)12-1-2-12/h5-9,12,14-15,21H,1-4,10-11H2,(H,24,26). The number of nitrogens with zero attached hydrogens (tertiary/aromatic N) is 5. The molecule has 1 aliphatic carbocycles. The Morgan fingerprint density at radius 1 is 1.17 bits per heavy atom. The van der Waals surface area contributed by atoms with Gasteiger partial charge in [-0.3, -0.25) is 4.79 Å². The van der Waals surface area contributed by atoms with Crippen LogP contribution in [-0.2, 0) is 4.79 Å². The second-order valence-electron chi connectivity index (χ2n) is 8.57. The van der Waals surface area contributed by atoms with E-state index in [1.54, 1.807) is 6.20 Å². The third-order valence-corrected chi connectivity index (χ3v) is 6.63. The number of hydrogen-bond acceptors (Lipinski definition) is 4. The largest absolute Gasteiger partial charge is 0.367 e. The van der Waals surface area contributed by atoms with E-state index in [9.17, 15) is 13.6 Å². The zero-order valence-corrected chi connectivity index (χ0v) is 16.3. The number of fused-ring (bicyclic) bond motifs is 3. The van der Waals surface area contributed by atoms with Crippen LogP contribution in [0.3, 0.4) is 0 Å². The summed E-state index contributed by atoms with van der Waals surface area (Å²) < 4.78 is 26.4. The second kappa shape index (κ2) is 6.52. The Bertz CT molecular complexity index is 1110. The minimum absolute atomic E-state index is 0.258. The average molecular weight is 412 g/mol. The first-order valence-electron chi connectivity index (χ1n) is 10.5. The van der Waals surface area contributed by atoms with Gasteiger partial charge in [0, 0.05) is 60.1 Å². The molecule has 9 heteroatoms. The first-order valence-corrected chi connectivity index (χ1v) is 10.5. The van der Waals surface area contributed by atoms with Gasteiger partial charge in [0.25, 0.3) is 0 Å². The van der Waals surface area contributed by atoms with Crippen molar-refractivity contribution in [3.05, 3.63) is 30.7 Å². The van der Waals surface area contributed by atoms with Gasteiger partial charge in [0.05, 0.1) is 11.9 Å². The van der Waals surface area contributed by atoms with Gasteiger partial charge >= 0.3 is 6.55 Å². The zero-order chi connectivity index (χ0) is 20.4. The predicted octanol–water partition coefficient (Wildman–Crippen LogP) is 3.41. The molecule has 2 unspecified atom stereocenters. The Kier molecular flexibility index (Phi) is 3.88. The maximum Gasteiger partial charge on any atom is 0.333 e. The molecule has 5 heterocycles. The van der Waals surface area contributed by atoms with E-state index in [0.29, 0.717) is 21.8 Å². The lowest BCUT2D eigenvalue weighted by atomic mass is 10.1. The molecular formula is C21H22F2N6O. The van der Waals surface area contributed by atoms with E-state index >= 15 is 0 Å². The van der Waals surface area contributed by atoms with Crippen LogP contribution < -0.4 is 4.90 Å². The van der Waals surface area contributed by atoms with E-state index in [0.717, 1.165) is 55.5 Å². The molecule has 1 saturated carbocycles. The molecule has 3 aromatic rings. The van der Waals surface area contributed by atoms with E-state index in [1.807, 2.05) is 12.1 Å². The number of nitrogens with one attached hydrogen (secondary N) is 1. The number of rotatable bonds is 4. The van der Waals surface area contributed by atoms with Crippen LogP contribution in [0.5, 0.6) is 0 Å². The second-order valence-corrected chi connectivity index (χ2v) is 8.57. The molecule has 6 rings (SSSR count). The number of H-pyrrole nitrogens is 1. The molecule has 0 spiro atoms. The number of halogens is 2. The van der Waals surface area contributed by atoms with Crippen molar-refractivity contribution >= 4 is 22.6 Å². The monoisotopic (exact) mass is 412 g/mol. The number of amides is 1. The van der Waals surface area contributed by atoms with E-state index in [4.69, 9.17) is 0 Å². The van der Waals surface area contributed by atoms with Crippen molar-refractivity contribution in [2.75, 3.05) is 18.0 Å². The van der Waals surface area contributed by atoms with Gasteiger partial charge in [0.1, 0.15) is 5.65 Å². The highest BCUT2D eigenvalue weighted by molar-refractivity contribution is 5.94. The summed E-state index contributed by atoms with van der Waals surface area (Å²) in [5, 5.41) is 4.68. The zero-order valence-electron chi connectivity index (χ0n) is 16.3. The lowest BCUT2D eigenvalue weighted by molar-refractivity contribution is -0.135. The van der Waals surface area contributed by atoms with Crippen LogP contribution in [0, 0.1) is 5.92 Å². The number of aromatic nitrogens is 4. The molecule has 2 atom stereocenters. The molecule has 7 nitrogen and oxygen atoms in total. The van der Waals surface area contributed by atoms with Crippen LogP contribution in [-0.4, -0.2) is 55.7 Å².